The van der Waals surface area contributed by atoms with Crippen molar-refractivity contribution in [2.75, 3.05) is 18.0 Å². The van der Waals surface area contributed by atoms with Crippen LogP contribution in [0, 0.1) is 16.0 Å². The van der Waals surface area contributed by atoms with Gasteiger partial charge < -0.3 is 4.90 Å². The summed E-state index contributed by atoms with van der Waals surface area (Å²) < 4.78 is 0. The van der Waals surface area contributed by atoms with Gasteiger partial charge in [0.15, 0.2) is 0 Å². The van der Waals surface area contributed by atoms with Crippen LogP contribution < -0.4 is 4.90 Å². The predicted molar refractivity (Wildman–Crippen MR) is 102 cm³/mol. The van der Waals surface area contributed by atoms with Crippen LogP contribution in [0.3, 0.4) is 0 Å². The highest BCUT2D eigenvalue weighted by Gasteiger charge is 2.26. The van der Waals surface area contributed by atoms with Gasteiger partial charge in [-0.3, -0.25) is 19.9 Å². The fourth-order valence-electron chi connectivity index (χ4n) is 2.99. The maximum atomic E-state index is 12.7. The van der Waals surface area contributed by atoms with E-state index in [1.165, 1.54) is 12.1 Å². The van der Waals surface area contributed by atoms with E-state index in [9.17, 15) is 14.9 Å². The average molecular weight is 351 g/mol. The Bertz CT molecular complexity index is 860. The van der Waals surface area contributed by atoms with Gasteiger partial charge in [0.1, 0.15) is 6.54 Å². The molecule has 6 heteroatoms. The van der Waals surface area contributed by atoms with Crippen LogP contribution in [-0.2, 0) is 4.79 Å². The molecule has 0 spiro atoms. The SMILES string of the molecule is CC(C)CCN1C(=O)CN=C(c2ccccc2)c2cc([N+](=O)[O-])ccc21. The van der Waals surface area contributed by atoms with Crippen LogP contribution in [0.15, 0.2) is 53.5 Å². The van der Waals surface area contributed by atoms with E-state index in [-0.39, 0.29) is 18.1 Å². The highest BCUT2D eigenvalue weighted by Crippen LogP contribution is 2.30. The number of nitrogens with zero attached hydrogens (tertiary/aromatic N) is 3. The Morgan fingerprint density at radius 2 is 1.92 bits per heavy atom. The lowest BCUT2D eigenvalue weighted by atomic mass is 9.99. The lowest BCUT2D eigenvalue weighted by Crippen LogP contribution is -2.34. The first kappa shape index (κ1) is 17.8. The van der Waals surface area contributed by atoms with Crippen molar-refractivity contribution in [3.8, 4) is 0 Å². The first-order chi connectivity index (χ1) is 12.5. The van der Waals surface area contributed by atoms with Crippen LogP contribution in [0.2, 0.25) is 0 Å². The van der Waals surface area contributed by atoms with Crippen molar-refractivity contribution >= 4 is 23.0 Å². The molecule has 1 aliphatic rings. The number of hydrogen-bond donors (Lipinski definition) is 0. The van der Waals surface area contributed by atoms with Crippen molar-refractivity contribution in [2.24, 2.45) is 10.9 Å². The summed E-state index contributed by atoms with van der Waals surface area (Å²) in [6, 6.07) is 14.1. The standard InChI is InChI=1S/C20H21N3O3/c1-14(2)10-11-22-18-9-8-16(23(25)26)12-17(18)20(21-13-19(22)24)15-6-4-3-5-7-15/h3-9,12,14H,10-11,13H2,1-2H3. The van der Waals surface area contributed by atoms with Crippen LogP contribution in [0.4, 0.5) is 11.4 Å². The summed E-state index contributed by atoms with van der Waals surface area (Å²) in [6.45, 7) is 4.81. The number of hydrogen-bond acceptors (Lipinski definition) is 4. The molecule has 0 atom stereocenters. The lowest BCUT2D eigenvalue weighted by Gasteiger charge is -2.24. The molecule has 0 fully saturated rings. The number of amides is 1. The van der Waals surface area contributed by atoms with E-state index < -0.39 is 4.92 Å². The van der Waals surface area contributed by atoms with E-state index in [1.807, 2.05) is 30.3 Å². The molecule has 134 valence electrons. The number of benzene rings is 2. The maximum absolute atomic E-state index is 12.7. The Morgan fingerprint density at radius 1 is 1.19 bits per heavy atom. The van der Waals surface area contributed by atoms with Crippen LogP contribution in [0.5, 0.6) is 0 Å². The van der Waals surface area contributed by atoms with E-state index in [0.29, 0.717) is 29.4 Å². The Labute approximate surface area is 152 Å². The molecule has 26 heavy (non-hydrogen) atoms. The zero-order chi connectivity index (χ0) is 18.7. The second-order valence-electron chi connectivity index (χ2n) is 6.72. The number of nitro groups is 1. The van der Waals surface area contributed by atoms with Crippen molar-refractivity contribution in [1.29, 1.82) is 0 Å². The minimum absolute atomic E-state index is 0.00876. The number of nitro benzene ring substituents is 1. The number of carbonyl (C=O) groups excluding carboxylic acids is 1. The van der Waals surface area contributed by atoms with Gasteiger partial charge >= 0.3 is 0 Å². The molecule has 1 heterocycles. The predicted octanol–water partition coefficient (Wildman–Crippen LogP) is 3.82. The van der Waals surface area contributed by atoms with Crippen LogP contribution in [-0.4, -0.2) is 29.6 Å². The molecular weight excluding hydrogens is 330 g/mol. The second kappa shape index (κ2) is 7.47. The summed E-state index contributed by atoms with van der Waals surface area (Å²) in [6.07, 6.45) is 0.850. The monoisotopic (exact) mass is 351 g/mol. The number of non-ortho nitro benzene ring substituents is 1. The highest BCUT2D eigenvalue weighted by molar-refractivity contribution is 6.19. The second-order valence-corrected chi connectivity index (χ2v) is 6.72. The smallest absolute Gasteiger partial charge is 0.270 e. The quantitative estimate of drug-likeness (QED) is 0.607. The van der Waals surface area contributed by atoms with Crippen LogP contribution in [0.25, 0.3) is 0 Å². The van der Waals surface area contributed by atoms with Gasteiger partial charge in [-0.15, -0.1) is 0 Å². The molecule has 1 aliphatic heterocycles. The van der Waals surface area contributed by atoms with Crippen molar-refractivity contribution in [2.45, 2.75) is 20.3 Å². The topological polar surface area (TPSA) is 75.8 Å². The third-order valence-electron chi connectivity index (χ3n) is 4.39. The van der Waals surface area contributed by atoms with Crippen LogP contribution in [0.1, 0.15) is 31.4 Å². The van der Waals surface area contributed by atoms with Gasteiger partial charge in [-0.05, 0) is 18.4 Å². The van der Waals surface area contributed by atoms with Gasteiger partial charge in [0.25, 0.3) is 5.69 Å². The van der Waals surface area contributed by atoms with E-state index in [4.69, 9.17) is 0 Å². The van der Waals surface area contributed by atoms with Gasteiger partial charge in [0.2, 0.25) is 5.91 Å². The van der Waals surface area contributed by atoms with Gasteiger partial charge in [0.05, 0.1) is 16.3 Å². The molecule has 1 amide bonds. The van der Waals surface area contributed by atoms with Crippen molar-refractivity contribution in [3.05, 3.63) is 69.8 Å². The van der Waals surface area contributed by atoms with Crippen LogP contribution >= 0.6 is 0 Å². The zero-order valence-corrected chi connectivity index (χ0v) is 14.9. The first-order valence-corrected chi connectivity index (χ1v) is 8.66. The summed E-state index contributed by atoms with van der Waals surface area (Å²) in [5, 5.41) is 11.3. The number of carbonyl (C=O) groups is 1. The average Bonchev–Trinajstić information content (AvgIpc) is 2.76. The molecule has 0 aromatic heterocycles. The normalized spacial score (nSPS) is 14.0. The number of anilines is 1. The van der Waals surface area contributed by atoms with Crippen molar-refractivity contribution in [1.82, 2.24) is 0 Å². The Hall–Kier alpha value is -3.02. The molecule has 0 aliphatic carbocycles. The first-order valence-electron chi connectivity index (χ1n) is 8.66. The molecule has 0 bridgehead atoms. The van der Waals surface area contributed by atoms with E-state index >= 15 is 0 Å². The van der Waals surface area contributed by atoms with Crippen molar-refractivity contribution < 1.29 is 9.72 Å². The maximum Gasteiger partial charge on any atom is 0.270 e. The largest absolute Gasteiger partial charge is 0.310 e. The highest BCUT2D eigenvalue weighted by atomic mass is 16.6. The van der Waals surface area contributed by atoms with E-state index in [1.54, 1.807) is 11.0 Å². The fourth-order valence-corrected chi connectivity index (χ4v) is 2.99. The fraction of sp³-hybridized carbons (Fsp3) is 0.300. The number of fused-ring (bicyclic) bond motifs is 1. The number of rotatable bonds is 5. The molecule has 0 saturated heterocycles. The summed E-state index contributed by atoms with van der Waals surface area (Å²) in [5.74, 6) is 0.355. The summed E-state index contributed by atoms with van der Waals surface area (Å²) >= 11 is 0. The van der Waals surface area contributed by atoms with Gasteiger partial charge in [-0.1, -0.05) is 44.2 Å². The zero-order valence-electron chi connectivity index (χ0n) is 14.9. The minimum Gasteiger partial charge on any atom is -0.310 e. The van der Waals surface area contributed by atoms with E-state index in [0.717, 1.165) is 12.0 Å². The molecule has 2 aromatic carbocycles. The molecule has 3 rings (SSSR count). The minimum atomic E-state index is -0.423. The molecule has 0 radical (unpaired) electrons. The molecule has 2 aromatic rings. The molecule has 0 N–H and O–H groups in total. The number of aliphatic imine (C=N–C) groups is 1. The third-order valence-corrected chi connectivity index (χ3v) is 4.39. The summed E-state index contributed by atoms with van der Waals surface area (Å²) in [5.41, 5.74) is 2.75. The molecule has 0 saturated carbocycles. The number of benzodiazepines with no additional fused rings is 1. The van der Waals surface area contributed by atoms with Crippen molar-refractivity contribution in [3.63, 3.8) is 0 Å². The van der Waals surface area contributed by atoms with Gasteiger partial charge in [-0.2, -0.15) is 0 Å². The van der Waals surface area contributed by atoms with Gasteiger partial charge in [0, 0.05) is 29.8 Å². The van der Waals surface area contributed by atoms with E-state index in [2.05, 4.69) is 18.8 Å². The van der Waals surface area contributed by atoms with Gasteiger partial charge in [-0.25, -0.2) is 0 Å². The Kier molecular flexibility index (Phi) is 5.11. The summed E-state index contributed by atoms with van der Waals surface area (Å²) in [4.78, 5) is 29.7. The molecular formula is C20H21N3O3. The molecule has 6 nitrogen and oxygen atoms in total. The Balaban J connectivity index is 2.14. The lowest BCUT2D eigenvalue weighted by molar-refractivity contribution is -0.384. The third kappa shape index (κ3) is 3.64. The Morgan fingerprint density at radius 3 is 2.58 bits per heavy atom. The molecule has 0 unspecified atom stereocenters. The summed E-state index contributed by atoms with van der Waals surface area (Å²) in [7, 11) is 0.